The molecule has 1 amide bonds. The number of aryl methyl sites for hydroxylation is 1. The number of amides is 1. The molecule has 0 radical (unpaired) electrons. The van der Waals surface area contributed by atoms with Crippen molar-refractivity contribution >= 4 is 11.6 Å². The lowest BCUT2D eigenvalue weighted by atomic mass is 10.2. The average molecular weight is 265 g/mol. The van der Waals surface area contributed by atoms with Gasteiger partial charge in [0.05, 0.1) is 5.69 Å². The van der Waals surface area contributed by atoms with Gasteiger partial charge in [-0.15, -0.1) is 0 Å². The summed E-state index contributed by atoms with van der Waals surface area (Å²) in [5, 5.41) is 0. The molecule has 19 heavy (non-hydrogen) atoms. The molecule has 0 unspecified atom stereocenters. The number of halogens is 2. The van der Waals surface area contributed by atoms with E-state index in [9.17, 15) is 13.6 Å². The number of anilines is 1. The topological polar surface area (TPSA) is 33.5 Å². The summed E-state index contributed by atoms with van der Waals surface area (Å²) in [6, 6.07) is 6.15. The zero-order valence-corrected chi connectivity index (χ0v) is 10.6. The zero-order chi connectivity index (χ0) is 14.0. The minimum absolute atomic E-state index is 0.100. The number of furan rings is 1. The standard InChI is InChI=1S/C14H13F2NO2/c1-3-10-5-7-13(19-10)14(18)17(2)12-8-9(15)4-6-11(12)16/h4-8H,3H2,1-2H3. The molecule has 0 bridgehead atoms. The van der Waals surface area contributed by atoms with Crippen LogP contribution in [-0.4, -0.2) is 13.0 Å². The summed E-state index contributed by atoms with van der Waals surface area (Å²) in [6.07, 6.45) is 0.658. The molecule has 2 aromatic rings. The number of hydrogen-bond donors (Lipinski definition) is 0. The third-order valence-corrected chi connectivity index (χ3v) is 2.80. The molecular weight excluding hydrogens is 252 g/mol. The number of rotatable bonds is 3. The molecular formula is C14H13F2NO2. The molecule has 1 aromatic heterocycles. The number of carbonyl (C=O) groups is 1. The first kappa shape index (κ1) is 13.3. The molecule has 3 nitrogen and oxygen atoms in total. The lowest BCUT2D eigenvalue weighted by Crippen LogP contribution is -2.26. The van der Waals surface area contributed by atoms with E-state index in [0.717, 1.165) is 23.1 Å². The highest BCUT2D eigenvalue weighted by atomic mass is 19.1. The van der Waals surface area contributed by atoms with Gasteiger partial charge >= 0.3 is 0 Å². The Balaban J connectivity index is 2.30. The monoisotopic (exact) mass is 265 g/mol. The third-order valence-electron chi connectivity index (χ3n) is 2.80. The fraction of sp³-hybridized carbons (Fsp3) is 0.214. The zero-order valence-electron chi connectivity index (χ0n) is 10.6. The Morgan fingerprint density at radius 3 is 2.63 bits per heavy atom. The van der Waals surface area contributed by atoms with Crippen molar-refractivity contribution in [3.05, 3.63) is 53.5 Å². The molecule has 5 heteroatoms. The Hall–Kier alpha value is -2.17. The highest BCUT2D eigenvalue weighted by Gasteiger charge is 2.20. The van der Waals surface area contributed by atoms with Crippen LogP contribution >= 0.6 is 0 Å². The molecule has 2 rings (SSSR count). The van der Waals surface area contributed by atoms with Crippen LogP contribution in [0.25, 0.3) is 0 Å². The van der Waals surface area contributed by atoms with E-state index in [1.54, 1.807) is 6.07 Å². The maximum absolute atomic E-state index is 13.6. The Bertz CT molecular complexity index is 607. The van der Waals surface area contributed by atoms with Crippen molar-refractivity contribution in [2.75, 3.05) is 11.9 Å². The maximum atomic E-state index is 13.6. The quantitative estimate of drug-likeness (QED) is 0.852. The molecule has 0 spiro atoms. The Morgan fingerprint density at radius 1 is 1.26 bits per heavy atom. The first-order chi connectivity index (χ1) is 9.02. The summed E-state index contributed by atoms with van der Waals surface area (Å²) >= 11 is 0. The van der Waals surface area contributed by atoms with Crippen molar-refractivity contribution in [1.29, 1.82) is 0 Å². The van der Waals surface area contributed by atoms with Crippen molar-refractivity contribution in [3.8, 4) is 0 Å². The molecule has 0 aliphatic heterocycles. The second-order valence-corrected chi connectivity index (χ2v) is 4.08. The molecule has 0 saturated carbocycles. The van der Waals surface area contributed by atoms with Gasteiger partial charge in [-0.2, -0.15) is 0 Å². The molecule has 0 N–H and O–H groups in total. The van der Waals surface area contributed by atoms with Crippen molar-refractivity contribution < 1.29 is 18.0 Å². The number of hydrogen-bond acceptors (Lipinski definition) is 2. The van der Waals surface area contributed by atoms with Gasteiger partial charge in [0.25, 0.3) is 5.91 Å². The van der Waals surface area contributed by atoms with Gasteiger partial charge in [-0.3, -0.25) is 4.79 Å². The van der Waals surface area contributed by atoms with E-state index in [1.165, 1.54) is 13.1 Å². The molecule has 0 aliphatic rings. The summed E-state index contributed by atoms with van der Waals surface area (Å²) in [4.78, 5) is 13.1. The van der Waals surface area contributed by atoms with E-state index in [4.69, 9.17) is 4.42 Å². The van der Waals surface area contributed by atoms with Crippen LogP contribution in [0, 0.1) is 11.6 Å². The first-order valence-electron chi connectivity index (χ1n) is 5.84. The average Bonchev–Trinajstić information content (AvgIpc) is 2.88. The van der Waals surface area contributed by atoms with E-state index in [1.807, 2.05) is 6.92 Å². The molecule has 1 aromatic carbocycles. The summed E-state index contributed by atoms with van der Waals surface area (Å²) in [6.45, 7) is 1.89. The molecule has 0 saturated heterocycles. The van der Waals surface area contributed by atoms with Gasteiger partial charge in [-0.25, -0.2) is 8.78 Å². The van der Waals surface area contributed by atoms with E-state index in [0.29, 0.717) is 12.2 Å². The van der Waals surface area contributed by atoms with E-state index < -0.39 is 17.5 Å². The third kappa shape index (κ3) is 2.65. The van der Waals surface area contributed by atoms with Crippen LogP contribution in [0.5, 0.6) is 0 Å². The maximum Gasteiger partial charge on any atom is 0.293 e. The smallest absolute Gasteiger partial charge is 0.293 e. The van der Waals surface area contributed by atoms with Gasteiger partial charge in [0.2, 0.25) is 0 Å². The van der Waals surface area contributed by atoms with E-state index in [-0.39, 0.29) is 11.4 Å². The predicted molar refractivity (Wildman–Crippen MR) is 67.2 cm³/mol. The highest BCUT2D eigenvalue weighted by Crippen LogP contribution is 2.21. The van der Waals surface area contributed by atoms with Gasteiger partial charge < -0.3 is 9.32 Å². The molecule has 0 fully saturated rings. The van der Waals surface area contributed by atoms with Crippen molar-refractivity contribution in [2.24, 2.45) is 0 Å². The van der Waals surface area contributed by atoms with Crippen LogP contribution in [0.1, 0.15) is 23.2 Å². The van der Waals surface area contributed by atoms with Crippen molar-refractivity contribution in [1.82, 2.24) is 0 Å². The van der Waals surface area contributed by atoms with Gasteiger partial charge in [0.1, 0.15) is 17.4 Å². The normalized spacial score (nSPS) is 10.5. The van der Waals surface area contributed by atoms with Crippen LogP contribution in [-0.2, 0) is 6.42 Å². The minimum Gasteiger partial charge on any atom is -0.456 e. The van der Waals surface area contributed by atoms with Crippen LogP contribution in [0.2, 0.25) is 0 Å². The van der Waals surface area contributed by atoms with Crippen molar-refractivity contribution in [2.45, 2.75) is 13.3 Å². The number of nitrogens with zero attached hydrogens (tertiary/aromatic N) is 1. The number of benzene rings is 1. The Labute approximate surface area is 109 Å². The SMILES string of the molecule is CCc1ccc(C(=O)N(C)c2cc(F)ccc2F)o1. The van der Waals surface area contributed by atoms with E-state index in [2.05, 4.69) is 0 Å². The van der Waals surface area contributed by atoms with Gasteiger partial charge in [0.15, 0.2) is 5.76 Å². The lowest BCUT2D eigenvalue weighted by molar-refractivity contribution is 0.0964. The molecule has 1 heterocycles. The van der Waals surface area contributed by atoms with Gasteiger partial charge in [-0.1, -0.05) is 6.92 Å². The summed E-state index contributed by atoms with van der Waals surface area (Å²) in [5.74, 6) is -1.03. The first-order valence-corrected chi connectivity index (χ1v) is 5.84. The van der Waals surface area contributed by atoms with Crippen LogP contribution in [0.3, 0.4) is 0 Å². The second kappa shape index (κ2) is 5.22. The number of carbonyl (C=O) groups excluding carboxylic acids is 1. The van der Waals surface area contributed by atoms with Crippen LogP contribution in [0.15, 0.2) is 34.7 Å². The fourth-order valence-corrected chi connectivity index (χ4v) is 1.70. The minimum atomic E-state index is -0.667. The van der Waals surface area contributed by atoms with Gasteiger partial charge in [0, 0.05) is 19.5 Å². The van der Waals surface area contributed by atoms with E-state index >= 15 is 0 Å². The largest absolute Gasteiger partial charge is 0.456 e. The Kier molecular flexibility index (Phi) is 3.64. The van der Waals surface area contributed by atoms with Crippen LogP contribution < -0.4 is 4.90 Å². The lowest BCUT2D eigenvalue weighted by Gasteiger charge is -2.16. The summed E-state index contributed by atoms with van der Waals surface area (Å²) < 4.78 is 32.0. The summed E-state index contributed by atoms with van der Waals surface area (Å²) in [5.41, 5.74) is -0.126. The molecule has 100 valence electrons. The van der Waals surface area contributed by atoms with Gasteiger partial charge in [-0.05, 0) is 24.3 Å². The predicted octanol–water partition coefficient (Wildman–Crippen LogP) is 3.40. The molecule has 0 atom stereocenters. The Morgan fingerprint density at radius 2 is 2.00 bits per heavy atom. The fourth-order valence-electron chi connectivity index (χ4n) is 1.70. The molecule has 0 aliphatic carbocycles. The summed E-state index contributed by atoms with van der Waals surface area (Å²) in [7, 11) is 1.37. The second-order valence-electron chi connectivity index (χ2n) is 4.08. The highest BCUT2D eigenvalue weighted by molar-refractivity contribution is 6.03. The van der Waals surface area contributed by atoms with Crippen molar-refractivity contribution in [3.63, 3.8) is 0 Å². The van der Waals surface area contributed by atoms with Crippen LogP contribution in [0.4, 0.5) is 14.5 Å².